The van der Waals surface area contributed by atoms with E-state index in [2.05, 4.69) is 33.3 Å². The molecule has 0 saturated carbocycles. The first kappa shape index (κ1) is 13.1. The highest BCUT2D eigenvalue weighted by Gasteiger charge is 2.23. The summed E-state index contributed by atoms with van der Waals surface area (Å²) in [7, 11) is 0. The van der Waals surface area contributed by atoms with Crippen molar-refractivity contribution < 1.29 is 0 Å². The second kappa shape index (κ2) is 6.00. The van der Waals surface area contributed by atoms with Crippen LogP contribution in [0.5, 0.6) is 0 Å². The number of anilines is 2. The van der Waals surface area contributed by atoms with Crippen molar-refractivity contribution in [1.29, 1.82) is 0 Å². The van der Waals surface area contributed by atoms with Crippen LogP contribution in [-0.2, 0) is 0 Å². The van der Waals surface area contributed by atoms with E-state index in [9.17, 15) is 0 Å². The van der Waals surface area contributed by atoms with Gasteiger partial charge in [0.15, 0.2) is 0 Å². The molecule has 18 heavy (non-hydrogen) atoms. The van der Waals surface area contributed by atoms with Crippen molar-refractivity contribution in [2.75, 3.05) is 16.9 Å². The lowest BCUT2D eigenvalue weighted by Gasteiger charge is -2.36. The average Bonchev–Trinajstić information content (AvgIpc) is 2.39. The smallest absolute Gasteiger partial charge is 0.239 e. The summed E-state index contributed by atoms with van der Waals surface area (Å²) in [6.07, 6.45) is 6.28. The molecule has 1 fully saturated rings. The van der Waals surface area contributed by atoms with Crippen molar-refractivity contribution in [3.05, 3.63) is 11.8 Å². The number of nitrogens with two attached hydrogens (primary N) is 1. The predicted octanol–water partition coefficient (Wildman–Crippen LogP) is 2.23. The van der Waals surface area contributed by atoms with Gasteiger partial charge in [-0.15, -0.1) is 0 Å². The molecule has 0 radical (unpaired) electrons. The van der Waals surface area contributed by atoms with Crippen LogP contribution in [0.25, 0.3) is 0 Å². The topological polar surface area (TPSA) is 67.1 Å². The van der Waals surface area contributed by atoms with E-state index in [1.165, 1.54) is 32.1 Å². The summed E-state index contributed by atoms with van der Waals surface area (Å²) in [5, 5.41) is 0. The first-order valence-electron chi connectivity index (χ1n) is 6.83. The molecule has 1 aliphatic heterocycles. The lowest BCUT2D eigenvalue weighted by molar-refractivity contribution is 0.431. The summed E-state index contributed by atoms with van der Waals surface area (Å²) in [5.41, 5.74) is 3.50. The normalized spacial score (nSPS) is 19.9. The molecule has 0 spiro atoms. The van der Waals surface area contributed by atoms with Gasteiger partial charge in [-0.2, -0.15) is 4.98 Å². The molecule has 0 bridgehead atoms. The largest absolute Gasteiger partial charge is 0.353 e. The third-order valence-corrected chi connectivity index (χ3v) is 3.51. The Morgan fingerprint density at radius 3 is 3.00 bits per heavy atom. The lowest BCUT2D eigenvalue weighted by Crippen LogP contribution is -2.40. The molecule has 0 aliphatic carbocycles. The molecule has 3 N–H and O–H groups in total. The number of nitrogens with zero attached hydrogens (tertiary/aromatic N) is 3. The first-order chi connectivity index (χ1) is 8.74. The maximum atomic E-state index is 5.42. The van der Waals surface area contributed by atoms with Crippen LogP contribution in [0.3, 0.4) is 0 Å². The van der Waals surface area contributed by atoms with Crippen molar-refractivity contribution >= 4 is 11.8 Å². The molecule has 1 saturated heterocycles. The van der Waals surface area contributed by atoms with Gasteiger partial charge >= 0.3 is 0 Å². The maximum absolute atomic E-state index is 5.42. The number of rotatable bonds is 4. The van der Waals surface area contributed by atoms with Gasteiger partial charge < -0.3 is 4.90 Å². The van der Waals surface area contributed by atoms with Crippen LogP contribution in [0, 0.1) is 6.92 Å². The zero-order chi connectivity index (χ0) is 13.0. The third kappa shape index (κ3) is 2.90. The summed E-state index contributed by atoms with van der Waals surface area (Å²) in [6, 6.07) is 2.66. The minimum Gasteiger partial charge on any atom is -0.353 e. The van der Waals surface area contributed by atoms with Gasteiger partial charge in [-0.25, -0.2) is 10.8 Å². The van der Waals surface area contributed by atoms with Crippen molar-refractivity contribution in [2.24, 2.45) is 5.84 Å². The molecule has 1 unspecified atom stereocenters. The summed E-state index contributed by atoms with van der Waals surface area (Å²) >= 11 is 0. The number of hydrogen-bond acceptors (Lipinski definition) is 5. The van der Waals surface area contributed by atoms with Crippen LogP contribution in [-0.4, -0.2) is 22.6 Å². The van der Waals surface area contributed by atoms with Crippen molar-refractivity contribution in [3.63, 3.8) is 0 Å². The molecule has 0 aromatic carbocycles. The molecule has 2 rings (SSSR count). The average molecular weight is 249 g/mol. The Labute approximate surface area is 109 Å². The Morgan fingerprint density at radius 1 is 1.44 bits per heavy atom. The Bertz CT molecular complexity index is 391. The van der Waals surface area contributed by atoms with Crippen LogP contribution in [0.1, 0.15) is 44.7 Å². The standard InChI is InChI=1S/C13H23N5/c1-3-6-11-7-4-5-8-18(11)12-9-10(2)15-13(16-12)17-14/h9,11H,3-8,14H2,1-2H3,(H,15,16,17). The maximum Gasteiger partial charge on any atom is 0.239 e. The highest BCUT2D eigenvalue weighted by atomic mass is 15.3. The SMILES string of the molecule is CCCC1CCCCN1c1cc(C)nc(NN)n1. The third-order valence-electron chi connectivity index (χ3n) is 3.51. The number of aromatic nitrogens is 2. The number of nitrogen functional groups attached to an aromatic ring is 1. The summed E-state index contributed by atoms with van der Waals surface area (Å²) < 4.78 is 0. The van der Waals surface area contributed by atoms with Crippen LogP contribution in [0.2, 0.25) is 0 Å². The van der Waals surface area contributed by atoms with E-state index in [1.807, 2.05) is 6.92 Å². The Balaban J connectivity index is 2.24. The first-order valence-corrected chi connectivity index (χ1v) is 6.83. The van der Waals surface area contributed by atoms with Crippen LogP contribution < -0.4 is 16.2 Å². The van der Waals surface area contributed by atoms with E-state index in [4.69, 9.17) is 5.84 Å². The van der Waals surface area contributed by atoms with Gasteiger partial charge in [0.25, 0.3) is 0 Å². The molecule has 2 heterocycles. The minimum absolute atomic E-state index is 0.505. The molecule has 100 valence electrons. The quantitative estimate of drug-likeness (QED) is 0.632. The zero-order valence-electron chi connectivity index (χ0n) is 11.3. The van der Waals surface area contributed by atoms with Crippen LogP contribution in [0.15, 0.2) is 6.07 Å². The zero-order valence-corrected chi connectivity index (χ0v) is 11.3. The molecular formula is C13H23N5. The monoisotopic (exact) mass is 249 g/mol. The highest BCUT2D eigenvalue weighted by molar-refractivity contribution is 5.45. The highest BCUT2D eigenvalue weighted by Crippen LogP contribution is 2.26. The number of piperidine rings is 1. The molecule has 1 aromatic rings. The molecular weight excluding hydrogens is 226 g/mol. The molecule has 1 aromatic heterocycles. The van der Waals surface area contributed by atoms with Crippen LogP contribution >= 0.6 is 0 Å². The number of hydrazine groups is 1. The molecule has 1 atom stereocenters. The molecule has 0 amide bonds. The fraction of sp³-hybridized carbons (Fsp3) is 0.692. The summed E-state index contributed by atoms with van der Waals surface area (Å²) in [4.78, 5) is 11.2. The van der Waals surface area contributed by atoms with Gasteiger partial charge in [-0.3, -0.25) is 5.43 Å². The Hall–Kier alpha value is -1.36. The van der Waals surface area contributed by atoms with Gasteiger partial charge in [0.1, 0.15) is 5.82 Å². The predicted molar refractivity (Wildman–Crippen MR) is 74.5 cm³/mol. The van der Waals surface area contributed by atoms with Crippen molar-refractivity contribution in [1.82, 2.24) is 9.97 Å². The van der Waals surface area contributed by atoms with Gasteiger partial charge in [0.05, 0.1) is 0 Å². The van der Waals surface area contributed by atoms with E-state index >= 15 is 0 Å². The number of aryl methyl sites for hydroxylation is 1. The van der Waals surface area contributed by atoms with E-state index in [0.717, 1.165) is 18.1 Å². The van der Waals surface area contributed by atoms with Gasteiger partial charge in [0, 0.05) is 24.3 Å². The van der Waals surface area contributed by atoms with Crippen LogP contribution in [0.4, 0.5) is 11.8 Å². The molecule has 5 nitrogen and oxygen atoms in total. The minimum atomic E-state index is 0.505. The number of hydrogen-bond donors (Lipinski definition) is 2. The second-order valence-electron chi connectivity index (χ2n) is 4.97. The fourth-order valence-electron chi connectivity index (χ4n) is 2.70. The van der Waals surface area contributed by atoms with Crippen molar-refractivity contribution in [3.8, 4) is 0 Å². The van der Waals surface area contributed by atoms with E-state index < -0.39 is 0 Å². The summed E-state index contributed by atoms with van der Waals surface area (Å²) in [5.74, 6) is 6.93. The van der Waals surface area contributed by atoms with E-state index in [0.29, 0.717) is 12.0 Å². The number of nitrogens with one attached hydrogen (secondary N) is 1. The Kier molecular flexibility index (Phi) is 4.36. The van der Waals surface area contributed by atoms with E-state index in [1.54, 1.807) is 0 Å². The molecule has 5 heteroatoms. The Morgan fingerprint density at radius 2 is 2.28 bits per heavy atom. The summed E-state index contributed by atoms with van der Waals surface area (Å²) in [6.45, 7) is 5.31. The van der Waals surface area contributed by atoms with Gasteiger partial charge in [-0.05, 0) is 32.6 Å². The lowest BCUT2D eigenvalue weighted by atomic mass is 9.98. The van der Waals surface area contributed by atoms with Gasteiger partial charge in [0.2, 0.25) is 5.95 Å². The second-order valence-corrected chi connectivity index (χ2v) is 4.97. The van der Waals surface area contributed by atoms with Crippen molar-refractivity contribution in [2.45, 2.75) is 52.0 Å². The van der Waals surface area contributed by atoms with Gasteiger partial charge in [-0.1, -0.05) is 13.3 Å². The molecule has 1 aliphatic rings. The van der Waals surface area contributed by atoms with E-state index in [-0.39, 0.29) is 0 Å². The fourth-order valence-corrected chi connectivity index (χ4v) is 2.70.